The zero-order chi connectivity index (χ0) is 10.3. The number of ketones is 1. The van der Waals surface area contributed by atoms with Gasteiger partial charge in [0.2, 0.25) is 5.78 Å². The fourth-order valence-electron chi connectivity index (χ4n) is 3.03. The van der Waals surface area contributed by atoms with Gasteiger partial charge in [-0.2, -0.15) is 0 Å². The lowest BCUT2D eigenvalue weighted by atomic mass is 9.85. The van der Waals surface area contributed by atoms with Crippen LogP contribution in [0.2, 0.25) is 0 Å². The number of carbonyl (C=O) groups is 1. The maximum Gasteiger partial charge on any atom is 0.201 e. The summed E-state index contributed by atoms with van der Waals surface area (Å²) in [5, 5.41) is 3.49. The number of Topliss-reactive ketones (excluding diaryl/α,β-unsaturated/α-hetero) is 1. The Kier molecular flexibility index (Phi) is 2.28. The minimum Gasteiger partial charge on any atom is -0.490 e. The van der Waals surface area contributed by atoms with Crippen molar-refractivity contribution < 1.29 is 9.53 Å². The molecule has 3 unspecified atom stereocenters. The Balaban J connectivity index is 1.72. The summed E-state index contributed by atoms with van der Waals surface area (Å²) < 4.78 is 5.44. The van der Waals surface area contributed by atoms with Crippen LogP contribution in [0.1, 0.15) is 32.1 Å². The molecule has 82 valence electrons. The fraction of sp³-hybridized carbons (Fsp3) is 0.750. The first-order valence-electron chi connectivity index (χ1n) is 5.98. The van der Waals surface area contributed by atoms with E-state index in [1.807, 2.05) is 6.08 Å². The Morgan fingerprint density at radius 2 is 2.40 bits per heavy atom. The van der Waals surface area contributed by atoms with Crippen molar-refractivity contribution in [3.63, 3.8) is 0 Å². The van der Waals surface area contributed by atoms with Crippen LogP contribution in [0.15, 0.2) is 11.8 Å². The molecule has 0 radical (unpaired) electrons. The van der Waals surface area contributed by atoms with Crippen LogP contribution in [0.3, 0.4) is 0 Å². The van der Waals surface area contributed by atoms with Crippen LogP contribution in [-0.2, 0) is 9.53 Å². The van der Waals surface area contributed by atoms with Crippen molar-refractivity contribution in [1.82, 2.24) is 5.32 Å². The van der Waals surface area contributed by atoms with Crippen molar-refractivity contribution in [1.29, 1.82) is 0 Å². The minimum absolute atomic E-state index is 0.188. The normalized spacial score (nSPS) is 38.7. The first kappa shape index (κ1) is 9.40. The Labute approximate surface area is 89.9 Å². The molecule has 3 aliphatic heterocycles. The quantitative estimate of drug-likeness (QED) is 0.743. The third-order valence-corrected chi connectivity index (χ3v) is 3.82. The second kappa shape index (κ2) is 3.63. The van der Waals surface area contributed by atoms with Gasteiger partial charge in [0.15, 0.2) is 5.76 Å². The average molecular weight is 207 g/mol. The first-order valence-corrected chi connectivity index (χ1v) is 5.98. The van der Waals surface area contributed by atoms with Crippen LogP contribution < -0.4 is 5.32 Å². The second-order valence-corrected chi connectivity index (χ2v) is 4.81. The third-order valence-electron chi connectivity index (χ3n) is 3.82. The predicted octanol–water partition coefficient (Wildman–Crippen LogP) is 1.39. The molecule has 3 nitrogen and oxygen atoms in total. The second-order valence-electron chi connectivity index (χ2n) is 4.81. The lowest BCUT2D eigenvalue weighted by Crippen LogP contribution is -2.30. The largest absolute Gasteiger partial charge is 0.490 e. The van der Waals surface area contributed by atoms with Crippen molar-refractivity contribution >= 4 is 5.78 Å². The molecule has 0 aromatic carbocycles. The van der Waals surface area contributed by atoms with Crippen molar-refractivity contribution in [2.45, 2.75) is 44.2 Å². The van der Waals surface area contributed by atoms with Crippen molar-refractivity contribution in [3.05, 3.63) is 11.8 Å². The highest BCUT2D eigenvalue weighted by Crippen LogP contribution is 2.35. The maximum atomic E-state index is 12.2. The Morgan fingerprint density at radius 3 is 3.00 bits per heavy atom. The summed E-state index contributed by atoms with van der Waals surface area (Å²) in [6, 6.07) is 1.02. The lowest BCUT2D eigenvalue weighted by Gasteiger charge is -2.22. The Morgan fingerprint density at radius 1 is 1.47 bits per heavy atom. The highest BCUT2D eigenvalue weighted by Gasteiger charge is 2.43. The number of carbonyl (C=O) groups excluding carboxylic acids is 1. The molecule has 3 atom stereocenters. The molecule has 3 aliphatic rings. The van der Waals surface area contributed by atoms with Crippen molar-refractivity contribution in [2.75, 3.05) is 6.61 Å². The van der Waals surface area contributed by atoms with Crippen LogP contribution in [0.5, 0.6) is 0 Å². The van der Waals surface area contributed by atoms with E-state index < -0.39 is 0 Å². The van der Waals surface area contributed by atoms with E-state index >= 15 is 0 Å². The van der Waals surface area contributed by atoms with Gasteiger partial charge in [-0.15, -0.1) is 0 Å². The molecule has 3 heteroatoms. The van der Waals surface area contributed by atoms with Gasteiger partial charge in [0.1, 0.15) is 0 Å². The van der Waals surface area contributed by atoms with E-state index in [9.17, 15) is 4.79 Å². The molecule has 0 amide bonds. The van der Waals surface area contributed by atoms with E-state index in [1.165, 1.54) is 6.42 Å². The van der Waals surface area contributed by atoms with E-state index in [4.69, 9.17) is 4.74 Å². The summed E-state index contributed by atoms with van der Waals surface area (Å²) in [5.41, 5.74) is 0. The van der Waals surface area contributed by atoms with Gasteiger partial charge in [-0.1, -0.05) is 0 Å². The lowest BCUT2D eigenvalue weighted by molar-refractivity contribution is -0.123. The summed E-state index contributed by atoms with van der Waals surface area (Å²) in [5.74, 6) is 1.07. The molecular weight excluding hydrogens is 190 g/mol. The summed E-state index contributed by atoms with van der Waals surface area (Å²) in [6.07, 6.45) is 7.44. The van der Waals surface area contributed by atoms with Gasteiger partial charge in [-0.3, -0.25) is 4.79 Å². The molecule has 3 heterocycles. The topological polar surface area (TPSA) is 38.3 Å². The molecule has 3 rings (SSSR count). The SMILES string of the molecule is O=C(C1=CCCCO1)C1CC2CCC1N2. The molecule has 0 aromatic rings. The molecule has 0 saturated carbocycles. The van der Waals surface area contributed by atoms with Gasteiger partial charge >= 0.3 is 0 Å². The number of rotatable bonds is 2. The number of ether oxygens (including phenoxy) is 1. The Hall–Kier alpha value is -0.830. The van der Waals surface area contributed by atoms with Gasteiger partial charge in [0.05, 0.1) is 6.61 Å². The average Bonchev–Trinajstić information content (AvgIpc) is 2.91. The molecule has 15 heavy (non-hydrogen) atoms. The number of nitrogens with one attached hydrogen (secondary N) is 1. The molecule has 1 N–H and O–H groups in total. The highest BCUT2D eigenvalue weighted by atomic mass is 16.5. The van der Waals surface area contributed by atoms with E-state index in [1.54, 1.807) is 0 Å². The smallest absolute Gasteiger partial charge is 0.201 e. The van der Waals surface area contributed by atoms with E-state index in [-0.39, 0.29) is 11.7 Å². The zero-order valence-corrected chi connectivity index (χ0v) is 8.87. The van der Waals surface area contributed by atoms with E-state index in [0.29, 0.717) is 24.4 Å². The highest BCUT2D eigenvalue weighted by molar-refractivity contribution is 5.96. The third kappa shape index (κ3) is 1.59. The summed E-state index contributed by atoms with van der Waals surface area (Å²) in [6.45, 7) is 0.714. The van der Waals surface area contributed by atoms with Crippen LogP contribution in [-0.4, -0.2) is 24.5 Å². The molecule has 2 saturated heterocycles. The van der Waals surface area contributed by atoms with Crippen LogP contribution in [0, 0.1) is 5.92 Å². The fourth-order valence-corrected chi connectivity index (χ4v) is 3.03. The monoisotopic (exact) mass is 207 g/mol. The number of fused-ring (bicyclic) bond motifs is 2. The maximum absolute atomic E-state index is 12.2. The number of hydrogen-bond donors (Lipinski definition) is 1. The molecule has 0 aliphatic carbocycles. The minimum atomic E-state index is 0.188. The summed E-state index contributed by atoms with van der Waals surface area (Å²) in [7, 11) is 0. The summed E-state index contributed by atoms with van der Waals surface area (Å²) in [4.78, 5) is 12.2. The van der Waals surface area contributed by atoms with Gasteiger partial charge < -0.3 is 10.1 Å². The molecular formula is C12H17NO2. The molecule has 0 aromatic heterocycles. The van der Waals surface area contributed by atoms with Crippen molar-refractivity contribution in [2.24, 2.45) is 5.92 Å². The van der Waals surface area contributed by atoms with Gasteiger partial charge in [0, 0.05) is 18.0 Å². The number of allylic oxidation sites excluding steroid dienone is 2. The first-order chi connectivity index (χ1) is 7.34. The van der Waals surface area contributed by atoms with Crippen molar-refractivity contribution in [3.8, 4) is 0 Å². The predicted molar refractivity (Wildman–Crippen MR) is 56.3 cm³/mol. The number of hydrogen-bond acceptors (Lipinski definition) is 3. The van der Waals surface area contributed by atoms with Crippen LogP contribution in [0.4, 0.5) is 0 Å². The van der Waals surface area contributed by atoms with Gasteiger partial charge in [-0.05, 0) is 38.2 Å². The molecule has 2 fully saturated rings. The zero-order valence-electron chi connectivity index (χ0n) is 8.87. The standard InChI is InChI=1S/C12H17NO2/c14-12(11-3-1-2-6-15-11)9-7-8-4-5-10(9)13-8/h3,8-10,13H,1-2,4-7H2. The van der Waals surface area contributed by atoms with Gasteiger partial charge in [0.25, 0.3) is 0 Å². The van der Waals surface area contributed by atoms with Crippen LogP contribution in [0.25, 0.3) is 0 Å². The van der Waals surface area contributed by atoms with E-state index in [2.05, 4.69) is 5.32 Å². The molecule has 0 spiro atoms. The molecule has 2 bridgehead atoms. The van der Waals surface area contributed by atoms with Crippen LogP contribution >= 0.6 is 0 Å². The summed E-state index contributed by atoms with van der Waals surface area (Å²) >= 11 is 0. The van der Waals surface area contributed by atoms with E-state index in [0.717, 1.165) is 25.7 Å². The Bertz CT molecular complexity index is 311. The van der Waals surface area contributed by atoms with Gasteiger partial charge in [-0.25, -0.2) is 0 Å².